The summed E-state index contributed by atoms with van der Waals surface area (Å²) in [7, 11) is 3.23. The molecule has 2 aromatic rings. The molecular formula is C22H28N2O3. The van der Waals surface area contributed by atoms with E-state index in [9.17, 15) is 9.59 Å². The Labute approximate surface area is 161 Å². The van der Waals surface area contributed by atoms with Crippen molar-refractivity contribution in [2.24, 2.45) is 0 Å². The van der Waals surface area contributed by atoms with E-state index >= 15 is 0 Å². The summed E-state index contributed by atoms with van der Waals surface area (Å²) in [6, 6.07) is 16.8. The highest BCUT2D eigenvalue weighted by atomic mass is 16.5. The first kappa shape index (κ1) is 20.5. The van der Waals surface area contributed by atoms with Crippen LogP contribution < -0.4 is 10.1 Å². The van der Waals surface area contributed by atoms with E-state index in [2.05, 4.69) is 5.32 Å². The largest absolute Gasteiger partial charge is 0.497 e. The highest BCUT2D eigenvalue weighted by Gasteiger charge is 2.29. The molecule has 27 heavy (non-hydrogen) atoms. The van der Waals surface area contributed by atoms with Gasteiger partial charge in [0.15, 0.2) is 0 Å². The van der Waals surface area contributed by atoms with Gasteiger partial charge in [-0.3, -0.25) is 9.59 Å². The molecule has 0 aliphatic rings. The third-order valence-corrected chi connectivity index (χ3v) is 4.49. The third-order valence-electron chi connectivity index (χ3n) is 4.49. The van der Waals surface area contributed by atoms with E-state index < -0.39 is 6.04 Å². The first-order valence-corrected chi connectivity index (χ1v) is 9.27. The van der Waals surface area contributed by atoms with Crippen LogP contribution in [0.3, 0.4) is 0 Å². The lowest BCUT2D eigenvalue weighted by molar-refractivity contribution is -0.141. The zero-order valence-corrected chi connectivity index (χ0v) is 16.3. The second-order valence-electron chi connectivity index (χ2n) is 6.44. The van der Waals surface area contributed by atoms with Crippen molar-refractivity contribution < 1.29 is 14.3 Å². The molecule has 2 rings (SSSR count). The van der Waals surface area contributed by atoms with Crippen LogP contribution in [0, 0.1) is 0 Å². The molecule has 0 saturated heterocycles. The quantitative estimate of drug-likeness (QED) is 0.740. The topological polar surface area (TPSA) is 58.6 Å². The van der Waals surface area contributed by atoms with E-state index in [0.29, 0.717) is 19.4 Å². The Morgan fingerprint density at radius 1 is 1.04 bits per heavy atom. The fourth-order valence-electron chi connectivity index (χ4n) is 3.01. The summed E-state index contributed by atoms with van der Waals surface area (Å²) in [6.45, 7) is 2.35. The van der Waals surface area contributed by atoms with Crippen LogP contribution in [0.1, 0.15) is 30.9 Å². The van der Waals surface area contributed by atoms with Gasteiger partial charge in [0.2, 0.25) is 11.8 Å². The Bertz CT molecular complexity index is 729. The maximum absolute atomic E-state index is 12.8. The number of ether oxygens (including phenoxy) is 1. The first-order chi connectivity index (χ1) is 13.1. The first-order valence-electron chi connectivity index (χ1n) is 9.27. The van der Waals surface area contributed by atoms with E-state index in [1.165, 1.54) is 0 Å². The average molecular weight is 368 g/mol. The molecule has 1 unspecified atom stereocenters. The molecule has 0 heterocycles. The zero-order chi connectivity index (χ0) is 19.6. The van der Waals surface area contributed by atoms with Crippen LogP contribution in [-0.4, -0.2) is 36.9 Å². The molecule has 1 N–H and O–H groups in total. The van der Waals surface area contributed by atoms with Crippen LogP contribution in [0.15, 0.2) is 54.6 Å². The van der Waals surface area contributed by atoms with Gasteiger partial charge in [0, 0.05) is 26.4 Å². The molecular weight excluding hydrogens is 340 g/mol. The van der Waals surface area contributed by atoms with E-state index in [1.54, 1.807) is 19.1 Å². The number of likely N-dealkylation sites (N-methyl/N-ethyl adjacent to an activating group) is 1. The van der Waals surface area contributed by atoms with Crippen LogP contribution in [0.2, 0.25) is 0 Å². The summed E-state index contributed by atoms with van der Waals surface area (Å²) in [5.41, 5.74) is 1.98. The number of benzene rings is 2. The SMILES string of the molecule is CCCC(=O)N(Cc1ccc(OC)cc1)C(Cc1ccccc1)C(=O)NC. The predicted octanol–water partition coefficient (Wildman–Crippen LogP) is 3.18. The highest BCUT2D eigenvalue weighted by molar-refractivity contribution is 5.87. The third kappa shape index (κ3) is 5.84. The van der Waals surface area contributed by atoms with Crippen LogP contribution in [0.4, 0.5) is 0 Å². The molecule has 0 aliphatic heterocycles. The molecule has 0 saturated carbocycles. The summed E-state index contributed by atoms with van der Waals surface area (Å²) in [6.07, 6.45) is 1.63. The fraction of sp³-hybridized carbons (Fsp3) is 0.364. The van der Waals surface area contributed by atoms with Gasteiger partial charge in [-0.15, -0.1) is 0 Å². The number of carbonyl (C=O) groups excluding carboxylic acids is 2. The van der Waals surface area contributed by atoms with Crippen molar-refractivity contribution in [3.8, 4) is 5.75 Å². The van der Waals surface area contributed by atoms with Crippen LogP contribution in [0.5, 0.6) is 5.75 Å². The normalized spacial score (nSPS) is 11.5. The van der Waals surface area contributed by atoms with Crippen LogP contribution in [-0.2, 0) is 22.6 Å². The Morgan fingerprint density at radius 2 is 1.70 bits per heavy atom. The summed E-state index contributed by atoms with van der Waals surface area (Å²) < 4.78 is 5.20. The Hall–Kier alpha value is -2.82. The van der Waals surface area contributed by atoms with Gasteiger partial charge in [-0.1, -0.05) is 49.4 Å². The van der Waals surface area contributed by atoms with Crippen LogP contribution >= 0.6 is 0 Å². The van der Waals surface area contributed by atoms with Crippen molar-refractivity contribution in [2.45, 2.75) is 38.8 Å². The predicted molar refractivity (Wildman–Crippen MR) is 106 cm³/mol. The molecule has 0 aliphatic carbocycles. The van der Waals surface area contributed by atoms with Gasteiger partial charge in [-0.25, -0.2) is 0 Å². The smallest absolute Gasteiger partial charge is 0.242 e. The zero-order valence-electron chi connectivity index (χ0n) is 16.3. The maximum Gasteiger partial charge on any atom is 0.242 e. The number of carbonyl (C=O) groups is 2. The number of nitrogens with one attached hydrogen (secondary N) is 1. The van der Waals surface area contributed by atoms with Crippen LogP contribution in [0.25, 0.3) is 0 Å². The minimum Gasteiger partial charge on any atom is -0.497 e. The number of hydrogen-bond donors (Lipinski definition) is 1. The Kier molecular flexibility index (Phi) is 7.86. The summed E-state index contributed by atoms with van der Waals surface area (Å²) in [5.74, 6) is 0.590. The second-order valence-corrected chi connectivity index (χ2v) is 6.44. The lowest BCUT2D eigenvalue weighted by Crippen LogP contribution is -2.49. The average Bonchev–Trinajstić information content (AvgIpc) is 2.71. The molecule has 5 heteroatoms. The molecule has 2 aromatic carbocycles. The fourth-order valence-corrected chi connectivity index (χ4v) is 3.01. The monoisotopic (exact) mass is 368 g/mol. The molecule has 0 radical (unpaired) electrons. The molecule has 1 atom stereocenters. The number of nitrogens with zero attached hydrogens (tertiary/aromatic N) is 1. The van der Waals surface area contributed by atoms with Crippen molar-refractivity contribution in [1.82, 2.24) is 10.2 Å². The van der Waals surface area contributed by atoms with Gasteiger partial charge in [0.25, 0.3) is 0 Å². The van der Waals surface area contributed by atoms with Crippen molar-refractivity contribution in [3.05, 3.63) is 65.7 Å². The molecule has 0 spiro atoms. The maximum atomic E-state index is 12.8. The molecule has 5 nitrogen and oxygen atoms in total. The van der Waals surface area contributed by atoms with Crippen molar-refractivity contribution in [1.29, 1.82) is 0 Å². The molecule has 0 fully saturated rings. The number of amides is 2. The lowest BCUT2D eigenvalue weighted by Gasteiger charge is -2.31. The molecule has 144 valence electrons. The Morgan fingerprint density at radius 3 is 2.26 bits per heavy atom. The van der Waals surface area contributed by atoms with E-state index in [4.69, 9.17) is 4.74 Å². The van der Waals surface area contributed by atoms with Gasteiger partial charge in [-0.05, 0) is 29.7 Å². The van der Waals surface area contributed by atoms with Gasteiger partial charge in [-0.2, -0.15) is 0 Å². The number of hydrogen-bond acceptors (Lipinski definition) is 3. The lowest BCUT2D eigenvalue weighted by atomic mass is 10.0. The standard InChI is InChI=1S/C22H28N2O3/c1-4-8-21(25)24(16-18-11-13-19(27-3)14-12-18)20(22(26)23-2)15-17-9-6-5-7-10-17/h5-7,9-14,20H,4,8,15-16H2,1-3H3,(H,23,26). The van der Waals surface area contributed by atoms with Gasteiger partial charge in [0.1, 0.15) is 11.8 Å². The summed E-state index contributed by atoms with van der Waals surface area (Å²) >= 11 is 0. The minimum atomic E-state index is -0.557. The van der Waals surface area contributed by atoms with Crippen molar-refractivity contribution in [2.75, 3.05) is 14.2 Å². The van der Waals surface area contributed by atoms with E-state index in [-0.39, 0.29) is 11.8 Å². The number of methoxy groups -OCH3 is 1. The highest BCUT2D eigenvalue weighted by Crippen LogP contribution is 2.18. The summed E-state index contributed by atoms with van der Waals surface area (Å²) in [4.78, 5) is 27.2. The number of rotatable bonds is 9. The van der Waals surface area contributed by atoms with E-state index in [1.807, 2.05) is 61.5 Å². The molecule has 0 bridgehead atoms. The van der Waals surface area contributed by atoms with Crippen molar-refractivity contribution >= 4 is 11.8 Å². The van der Waals surface area contributed by atoms with Crippen molar-refractivity contribution in [3.63, 3.8) is 0 Å². The molecule has 2 amide bonds. The second kappa shape index (κ2) is 10.4. The van der Waals surface area contributed by atoms with Gasteiger partial charge < -0.3 is 15.0 Å². The van der Waals surface area contributed by atoms with E-state index in [0.717, 1.165) is 23.3 Å². The Balaban J connectivity index is 2.30. The molecule has 0 aromatic heterocycles. The minimum absolute atomic E-state index is 0.0159. The van der Waals surface area contributed by atoms with Gasteiger partial charge in [0.05, 0.1) is 7.11 Å². The van der Waals surface area contributed by atoms with Gasteiger partial charge >= 0.3 is 0 Å². The summed E-state index contributed by atoms with van der Waals surface area (Å²) in [5, 5.41) is 2.71.